The molecule has 0 atom stereocenters. The number of nitrogens with zero attached hydrogens (tertiary/aromatic N) is 1. The maximum atomic E-state index is 4.55. The van der Waals surface area contributed by atoms with E-state index in [1.165, 1.54) is 34.4 Å². The number of halogens is 1. The summed E-state index contributed by atoms with van der Waals surface area (Å²) in [5.74, 6) is 0. The molecule has 27 heavy (non-hydrogen) atoms. The Morgan fingerprint density at radius 2 is 1.59 bits per heavy atom. The average Bonchev–Trinajstić information content (AvgIpc) is 2.85. The Bertz CT molecular complexity index is 620. The molecule has 1 aliphatic rings. The van der Waals surface area contributed by atoms with Gasteiger partial charge in [-0.3, -0.25) is 4.98 Å². The van der Waals surface area contributed by atoms with E-state index in [9.17, 15) is 0 Å². The predicted molar refractivity (Wildman–Crippen MR) is 126 cm³/mol. The topological polar surface area (TPSA) is 12.9 Å². The van der Waals surface area contributed by atoms with Crippen molar-refractivity contribution in [2.24, 2.45) is 0 Å². The van der Waals surface area contributed by atoms with Crippen molar-refractivity contribution in [2.75, 3.05) is 0 Å². The van der Waals surface area contributed by atoms with Gasteiger partial charge in [0.2, 0.25) is 0 Å². The van der Waals surface area contributed by atoms with E-state index < -0.39 is 0 Å². The van der Waals surface area contributed by atoms with Gasteiger partial charge in [0.15, 0.2) is 0 Å². The number of terminal acetylenes is 1. The van der Waals surface area contributed by atoms with Gasteiger partial charge in [0.05, 0.1) is 0 Å². The molecule has 0 N–H and O–H groups in total. The number of hydrogen-bond donors (Lipinski definition) is 0. The van der Waals surface area contributed by atoms with E-state index in [0.717, 1.165) is 23.7 Å². The van der Waals surface area contributed by atoms with Crippen LogP contribution in [-0.4, -0.2) is 4.98 Å². The maximum absolute atomic E-state index is 4.55. The highest BCUT2D eigenvalue weighted by molar-refractivity contribution is 9.10. The Labute approximate surface area is 176 Å². The molecule has 1 nitrogen and oxygen atoms in total. The van der Waals surface area contributed by atoms with Gasteiger partial charge in [0.25, 0.3) is 0 Å². The second-order valence-electron chi connectivity index (χ2n) is 5.82. The highest BCUT2D eigenvalue weighted by Crippen LogP contribution is 2.25. The summed E-state index contributed by atoms with van der Waals surface area (Å²) in [7, 11) is 0. The second-order valence-corrected chi connectivity index (χ2v) is 6.74. The summed E-state index contributed by atoms with van der Waals surface area (Å²) in [5.41, 5.74) is 6.89. The van der Waals surface area contributed by atoms with Gasteiger partial charge < -0.3 is 0 Å². The molecule has 0 spiro atoms. The molecule has 0 amide bonds. The third-order valence-corrected chi connectivity index (χ3v) is 3.84. The van der Waals surface area contributed by atoms with Crippen LogP contribution >= 0.6 is 15.9 Å². The summed E-state index contributed by atoms with van der Waals surface area (Å²) in [6.45, 7) is 15.7. The summed E-state index contributed by atoms with van der Waals surface area (Å²) >= 11 is 3.50. The smallest absolute Gasteiger partial charge is 0.0480 e. The first-order valence-electron chi connectivity index (χ1n) is 9.67. The summed E-state index contributed by atoms with van der Waals surface area (Å²) in [5, 5.41) is 0. The monoisotopic (exact) mass is 429 g/mol. The molecule has 2 heteroatoms. The maximum Gasteiger partial charge on any atom is 0.0480 e. The third-order valence-electron chi connectivity index (χ3n) is 3.41. The summed E-state index contributed by atoms with van der Waals surface area (Å²) < 4.78 is 1.08. The van der Waals surface area contributed by atoms with Crippen LogP contribution in [0.25, 0.3) is 0 Å². The number of allylic oxidation sites excluding steroid dienone is 1. The Balaban J connectivity index is 0. The zero-order valence-corrected chi connectivity index (χ0v) is 19.6. The second kappa shape index (κ2) is 17.6. The molecule has 2 aromatic rings. The number of pyridine rings is 1. The van der Waals surface area contributed by atoms with Gasteiger partial charge in [-0.25, -0.2) is 0 Å². The highest BCUT2D eigenvalue weighted by atomic mass is 79.9. The van der Waals surface area contributed by atoms with Crippen LogP contribution in [0.1, 0.15) is 69.0 Å². The van der Waals surface area contributed by atoms with Crippen LogP contribution in [0.4, 0.5) is 0 Å². The van der Waals surface area contributed by atoms with Crippen molar-refractivity contribution >= 4 is 15.9 Å². The summed E-state index contributed by atoms with van der Waals surface area (Å²) in [4.78, 5) is 4.55. The summed E-state index contributed by atoms with van der Waals surface area (Å²) in [6, 6.07) is 8.98. The van der Waals surface area contributed by atoms with Crippen LogP contribution in [0, 0.1) is 19.8 Å². The first kappa shape index (κ1) is 27.4. The Morgan fingerprint density at radius 1 is 1.07 bits per heavy atom. The molecule has 0 saturated heterocycles. The van der Waals surface area contributed by atoms with Gasteiger partial charge in [-0.2, -0.15) is 0 Å². The molecule has 0 radical (unpaired) electrons. The normalized spacial score (nSPS) is 10.1. The minimum absolute atomic E-state index is 0.970. The lowest BCUT2D eigenvalue weighted by molar-refractivity contribution is 0.948. The molecule has 1 aromatic heterocycles. The molecule has 1 aromatic carbocycles. The third kappa shape index (κ3) is 10.8. The lowest BCUT2D eigenvalue weighted by atomic mass is 10.0. The number of aryl methyl sites for hydroxylation is 3. The first-order chi connectivity index (χ1) is 13.0. The van der Waals surface area contributed by atoms with E-state index in [-0.39, 0.29) is 0 Å². The SMILES string of the molecule is C#C.C=CC.CC.CCC.Cc1ccc2c(c1)CCc1cc(Br)cnc1C2. The van der Waals surface area contributed by atoms with E-state index in [1.807, 2.05) is 27.0 Å². The van der Waals surface area contributed by atoms with Crippen molar-refractivity contribution in [2.45, 2.75) is 67.2 Å². The van der Waals surface area contributed by atoms with E-state index in [0.29, 0.717) is 0 Å². The zero-order chi connectivity index (χ0) is 21.2. The lowest BCUT2D eigenvalue weighted by Gasteiger charge is -2.06. The fraction of sp³-hybridized carbons (Fsp3) is 0.400. The van der Waals surface area contributed by atoms with Gasteiger partial charge >= 0.3 is 0 Å². The molecule has 1 heterocycles. The van der Waals surface area contributed by atoms with Crippen molar-refractivity contribution in [1.29, 1.82) is 0 Å². The number of rotatable bonds is 0. The Morgan fingerprint density at radius 3 is 2.15 bits per heavy atom. The molecule has 0 bridgehead atoms. The Kier molecular flexibility index (Phi) is 17.8. The van der Waals surface area contributed by atoms with Gasteiger partial charge in [-0.05, 0) is 65.4 Å². The van der Waals surface area contributed by atoms with E-state index >= 15 is 0 Å². The molecule has 1 aliphatic carbocycles. The number of aromatic nitrogens is 1. The number of benzene rings is 1. The van der Waals surface area contributed by atoms with Gasteiger partial charge in [-0.15, -0.1) is 19.4 Å². The van der Waals surface area contributed by atoms with Crippen molar-refractivity contribution < 1.29 is 0 Å². The summed E-state index contributed by atoms with van der Waals surface area (Å²) in [6.07, 6.45) is 16.1. The Hall–Kier alpha value is -1.85. The van der Waals surface area contributed by atoms with Crippen LogP contribution in [0.3, 0.4) is 0 Å². The minimum atomic E-state index is 0.970. The van der Waals surface area contributed by atoms with E-state index in [1.54, 1.807) is 6.08 Å². The van der Waals surface area contributed by atoms with Crippen LogP contribution in [-0.2, 0) is 19.3 Å². The fourth-order valence-corrected chi connectivity index (χ4v) is 2.87. The predicted octanol–water partition coefficient (Wildman–Crippen LogP) is 7.73. The van der Waals surface area contributed by atoms with E-state index in [2.05, 4.69) is 85.4 Å². The molecular formula is C25H36BrN. The van der Waals surface area contributed by atoms with Crippen molar-refractivity contribution in [1.82, 2.24) is 4.98 Å². The number of hydrogen-bond acceptors (Lipinski definition) is 1. The zero-order valence-electron chi connectivity index (χ0n) is 18.0. The lowest BCUT2D eigenvalue weighted by Crippen LogP contribution is -1.96. The van der Waals surface area contributed by atoms with Crippen LogP contribution in [0.15, 0.2) is 47.6 Å². The van der Waals surface area contributed by atoms with Crippen molar-refractivity contribution in [3.63, 3.8) is 0 Å². The quantitative estimate of drug-likeness (QED) is 0.308. The molecular weight excluding hydrogens is 394 g/mol. The number of fused-ring (bicyclic) bond motifs is 2. The van der Waals surface area contributed by atoms with E-state index in [4.69, 9.17) is 0 Å². The molecule has 0 saturated carbocycles. The highest BCUT2D eigenvalue weighted by Gasteiger charge is 2.14. The molecule has 148 valence electrons. The van der Waals surface area contributed by atoms with Crippen molar-refractivity contribution in [3.8, 4) is 12.8 Å². The molecule has 3 rings (SSSR count). The van der Waals surface area contributed by atoms with Gasteiger partial charge in [0.1, 0.15) is 0 Å². The molecule has 0 aliphatic heterocycles. The largest absolute Gasteiger partial charge is 0.259 e. The first-order valence-corrected chi connectivity index (χ1v) is 10.5. The van der Waals surface area contributed by atoms with Gasteiger partial charge in [-0.1, -0.05) is 64.0 Å². The van der Waals surface area contributed by atoms with Crippen LogP contribution in [0.5, 0.6) is 0 Å². The average molecular weight is 430 g/mol. The molecule has 0 unspecified atom stereocenters. The fourth-order valence-electron chi connectivity index (χ4n) is 2.49. The van der Waals surface area contributed by atoms with Crippen molar-refractivity contribution in [3.05, 3.63) is 75.5 Å². The molecule has 0 fully saturated rings. The van der Waals surface area contributed by atoms with Crippen LogP contribution in [0.2, 0.25) is 0 Å². The minimum Gasteiger partial charge on any atom is -0.259 e. The standard InChI is InChI=1S/C15H14BrN.C3H8.C3H6.C2H6.C2H2/c1-10-2-3-12-8-15-13(5-4-11(12)6-10)7-14(16)9-17-15;2*1-3-2;2*1-2/h2-3,6-7,9H,4-5,8H2,1H3;3H2,1-2H3;3H,1H2,2H3;1-2H3;1-2H. The van der Waals surface area contributed by atoms with Crippen LogP contribution < -0.4 is 0 Å². The van der Waals surface area contributed by atoms with Gasteiger partial charge in [0, 0.05) is 22.8 Å².